The van der Waals surface area contributed by atoms with Gasteiger partial charge in [-0.2, -0.15) is 10.4 Å². The van der Waals surface area contributed by atoms with Crippen molar-refractivity contribution >= 4 is 17.6 Å². The second-order valence-corrected chi connectivity index (χ2v) is 7.98. The van der Waals surface area contributed by atoms with Crippen molar-refractivity contribution in [3.8, 4) is 17.3 Å². The van der Waals surface area contributed by atoms with Crippen LogP contribution in [0.5, 0.6) is 0 Å². The number of hydrogen-bond acceptors (Lipinski definition) is 8. The van der Waals surface area contributed by atoms with Gasteiger partial charge in [0.05, 0.1) is 36.7 Å². The van der Waals surface area contributed by atoms with E-state index in [9.17, 15) is 5.26 Å². The largest absolute Gasteiger partial charge is 0.378 e. The smallest absolute Gasteiger partial charge is 0.152 e. The predicted molar refractivity (Wildman–Crippen MR) is 116 cm³/mol. The molecule has 1 aliphatic rings. The van der Waals surface area contributed by atoms with Crippen molar-refractivity contribution in [2.75, 3.05) is 37.7 Å². The summed E-state index contributed by atoms with van der Waals surface area (Å²) < 4.78 is 5.42. The standard InChI is InChI=1S/C22H22N6OS/c23-6-5-16-2-4-20(25-14-16)19-3-1-17(13-24)11-21(19)30-18-12-22(27-26-15-18)28-7-9-29-10-8-28/h1-4,11-12,14-15H,5-10,23H2. The minimum absolute atomic E-state index is 0.597. The van der Waals surface area contributed by atoms with Crippen LogP contribution in [-0.4, -0.2) is 48.0 Å². The van der Waals surface area contributed by atoms with E-state index in [0.717, 1.165) is 51.9 Å². The Morgan fingerprint density at radius 3 is 2.73 bits per heavy atom. The van der Waals surface area contributed by atoms with E-state index in [1.807, 2.05) is 42.6 Å². The van der Waals surface area contributed by atoms with Crippen molar-refractivity contribution in [3.05, 3.63) is 59.9 Å². The van der Waals surface area contributed by atoms with E-state index in [-0.39, 0.29) is 0 Å². The molecule has 1 aliphatic heterocycles. The third-order valence-electron chi connectivity index (χ3n) is 4.82. The molecule has 1 saturated heterocycles. The topological polar surface area (TPSA) is 101 Å². The van der Waals surface area contributed by atoms with Gasteiger partial charge in [-0.1, -0.05) is 23.9 Å². The molecule has 0 amide bonds. The van der Waals surface area contributed by atoms with Crippen LogP contribution in [0.1, 0.15) is 11.1 Å². The van der Waals surface area contributed by atoms with Crippen LogP contribution < -0.4 is 10.6 Å². The Labute approximate surface area is 179 Å². The molecule has 8 heteroatoms. The Hall–Kier alpha value is -2.99. The molecule has 0 aliphatic carbocycles. The maximum Gasteiger partial charge on any atom is 0.152 e. The van der Waals surface area contributed by atoms with Crippen molar-refractivity contribution in [2.45, 2.75) is 16.2 Å². The summed E-state index contributed by atoms with van der Waals surface area (Å²) >= 11 is 1.56. The Kier molecular flexibility index (Phi) is 6.54. The monoisotopic (exact) mass is 418 g/mol. The molecular formula is C22H22N6OS. The van der Waals surface area contributed by atoms with Gasteiger partial charge in [0.25, 0.3) is 0 Å². The number of hydrogen-bond donors (Lipinski definition) is 1. The van der Waals surface area contributed by atoms with E-state index < -0.39 is 0 Å². The average Bonchev–Trinajstić information content (AvgIpc) is 2.81. The Morgan fingerprint density at radius 1 is 1.13 bits per heavy atom. The first-order valence-electron chi connectivity index (χ1n) is 9.79. The van der Waals surface area contributed by atoms with Gasteiger partial charge >= 0.3 is 0 Å². The molecule has 1 fully saturated rings. The fourth-order valence-electron chi connectivity index (χ4n) is 3.25. The second kappa shape index (κ2) is 9.67. The minimum Gasteiger partial charge on any atom is -0.378 e. The van der Waals surface area contributed by atoms with Crippen LogP contribution in [0.25, 0.3) is 11.3 Å². The molecule has 2 N–H and O–H groups in total. The molecule has 4 rings (SSSR count). The summed E-state index contributed by atoms with van der Waals surface area (Å²) in [7, 11) is 0. The number of benzene rings is 1. The quantitative estimate of drug-likeness (QED) is 0.652. The fourth-order valence-corrected chi connectivity index (χ4v) is 4.24. The number of anilines is 1. The lowest BCUT2D eigenvalue weighted by Gasteiger charge is -2.27. The Bertz CT molecular complexity index is 1040. The summed E-state index contributed by atoms with van der Waals surface area (Å²) in [6.07, 6.45) is 4.41. The normalized spacial score (nSPS) is 13.8. The number of morpholine rings is 1. The van der Waals surface area contributed by atoms with Crippen molar-refractivity contribution in [3.63, 3.8) is 0 Å². The van der Waals surface area contributed by atoms with Gasteiger partial charge in [-0.05, 0) is 42.8 Å². The number of nitrogens with zero attached hydrogens (tertiary/aromatic N) is 5. The maximum absolute atomic E-state index is 9.37. The van der Waals surface area contributed by atoms with Gasteiger partial charge in [0.1, 0.15) is 0 Å². The molecule has 0 spiro atoms. The van der Waals surface area contributed by atoms with Gasteiger partial charge in [-0.3, -0.25) is 4.98 Å². The summed E-state index contributed by atoms with van der Waals surface area (Å²) in [4.78, 5) is 8.70. The fraction of sp³-hybridized carbons (Fsp3) is 0.273. The van der Waals surface area contributed by atoms with Crippen LogP contribution in [0.4, 0.5) is 5.82 Å². The molecule has 3 aromatic rings. The van der Waals surface area contributed by atoms with E-state index in [1.54, 1.807) is 18.0 Å². The Balaban J connectivity index is 1.64. The first-order valence-corrected chi connectivity index (χ1v) is 10.6. The second-order valence-electron chi connectivity index (χ2n) is 6.86. The van der Waals surface area contributed by atoms with E-state index in [1.165, 1.54) is 0 Å². The van der Waals surface area contributed by atoms with Gasteiger partial charge in [0.15, 0.2) is 5.82 Å². The van der Waals surface area contributed by atoms with E-state index >= 15 is 0 Å². The van der Waals surface area contributed by atoms with Gasteiger partial charge in [-0.25, -0.2) is 0 Å². The third kappa shape index (κ3) is 4.76. The first kappa shape index (κ1) is 20.3. The molecule has 152 valence electrons. The van der Waals surface area contributed by atoms with Crippen LogP contribution in [0.3, 0.4) is 0 Å². The molecule has 1 aromatic carbocycles. The molecule has 2 aromatic heterocycles. The highest BCUT2D eigenvalue weighted by atomic mass is 32.2. The zero-order valence-corrected chi connectivity index (χ0v) is 17.3. The van der Waals surface area contributed by atoms with Crippen LogP contribution in [0.15, 0.2) is 58.6 Å². The molecule has 7 nitrogen and oxygen atoms in total. The highest BCUT2D eigenvalue weighted by Gasteiger charge is 2.15. The molecule has 3 heterocycles. The lowest BCUT2D eigenvalue weighted by atomic mass is 10.1. The van der Waals surface area contributed by atoms with Crippen LogP contribution in [0.2, 0.25) is 0 Å². The number of aromatic nitrogens is 3. The molecule has 0 unspecified atom stereocenters. The van der Waals surface area contributed by atoms with Crippen molar-refractivity contribution in [1.29, 1.82) is 5.26 Å². The maximum atomic E-state index is 9.37. The van der Waals surface area contributed by atoms with Crippen LogP contribution in [-0.2, 0) is 11.2 Å². The van der Waals surface area contributed by atoms with Gasteiger partial charge < -0.3 is 15.4 Å². The number of rotatable bonds is 6. The van der Waals surface area contributed by atoms with Crippen molar-refractivity contribution in [2.24, 2.45) is 5.73 Å². The van der Waals surface area contributed by atoms with Gasteiger partial charge in [-0.15, -0.1) is 5.10 Å². The lowest BCUT2D eigenvalue weighted by Crippen LogP contribution is -2.36. The molecular weight excluding hydrogens is 396 g/mol. The zero-order valence-electron chi connectivity index (χ0n) is 16.5. The first-order chi connectivity index (χ1) is 14.8. The van der Waals surface area contributed by atoms with Gasteiger partial charge in [0, 0.05) is 34.6 Å². The highest BCUT2D eigenvalue weighted by Crippen LogP contribution is 2.36. The lowest BCUT2D eigenvalue weighted by molar-refractivity contribution is 0.122. The number of nitrogens with two attached hydrogens (primary N) is 1. The molecule has 0 bridgehead atoms. The SMILES string of the molecule is N#Cc1ccc(-c2ccc(CCN)cn2)c(Sc2cnnc(N3CCOCC3)c2)c1. The molecule has 0 radical (unpaired) electrons. The summed E-state index contributed by atoms with van der Waals surface area (Å²) in [6, 6.07) is 14.0. The predicted octanol–water partition coefficient (Wildman–Crippen LogP) is 2.90. The van der Waals surface area contributed by atoms with Crippen LogP contribution in [0, 0.1) is 11.3 Å². The third-order valence-corrected chi connectivity index (χ3v) is 5.84. The molecule has 0 atom stereocenters. The number of nitriles is 1. The van der Waals surface area contributed by atoms with Gasteiger partial charge in [0.2, 0.25) is 0 Å². The Morgan fingerprint density at radius 2 is 2.00 bits per heavy atom. The number of pyridine rings is 1. The highest BCUT2D eigenvalue weighted by molar-refractivity contribution is 7.99. The zero-order chi connectivity index (χ0) is 20.8. The summed E-state index contributed by atoms with van der Waals surface area (Å²) in [5.41, 5.74) is 9.19. The summed E-state index contributed by atoms with van der Waals surface area (Å²) in [6.45, 7) is 3.59. The van der Waals surface area contributed by atoms with Crippen molar-refractivity contribution < 1.29 is 4.74 Å². The average molecular weight is 419 g/mol. The van der Waals surface area contributed by atoms with E-state index in [0.29, 0.717) is 25.3 Å². The molecule has 0 saturated carbocycles. The van der Waals surface area contributed by atoms with E-state index in [2.05, 4.69) is 26.2 Å². The van der Waals surface area contributed by atoms with Crippen LogP contribution >= 0.6 is 11.8 Å². The number of ether oxygens (including phenoxy) is 1. The minimum atomic E-state index is 0.597. The summed E-state index contributed by atoms with van der Waals surface area (Å²) in [5, 5.41) is 17.8. The molecule has 30 heavy (non-hydrogen) atoms. The van der Waals surface area contributed by atoms with E-state index in [4.69, 9.17) is 10.5 Å². The van der Waals surface area contributed by atoms with Crippen molar-refractivity contribution in [1.82, 2.24) is 15.2 Å². The summed E-state index contributed by atoms with van der Waals surface area (Å²) in [5.74, 6) is 0.838.